The van der Waals surface area contributed by atoms with Gasteiger partial charge in [-0.05, 0) is 0 Å². The van der Waals surface area contributed by atoms with E-state index >= 15 is 0 Å². The van der Waals surface area contributed by atoms with E-state index in [0.717, 1.165) is 0 Å². The van der Waals surface area contributed by atoms with Crippen molar-refractivity contribution >= 4 is 25.8 Å². The summed E-state index contributed by atoms with van der Waals surface area (Å²) in [6, 6.07) is 0. The van der Waals surface area contributed by atoms with Gasteiger partial charge in [-0.25, -0.2) is 8.42 Å². The lowest BCUT2D eigenvalue weighted by molar-refractivity contribution is 0.606. The topological polar surface area (TPSA) is 34.1 Å². The molecule has 0 fully saturated rings. The zero-order chi connectivity index (χ0) is 5.91. The molecule has 0 unspecified atom stereocenters. The summed E-state index contributed by atoms with van der Waals surface area (Å²) in [4.78, 5) is 0. The Morgan fingerprint density at radius 2 is 2.00 bits per heavy atom. The van der Waals surface area contributed by atoms with Crippen LogP contribution in [0.5, 0.6) is 0 Å². The summed E-state index contributed by atoms with van der Waals surface area (Å²) < 4.78 is 20.2. The predicted molar refractivity (Wildman–Crippen MR) is 32.9 cm³/mol. The minimum absolute atomic E-state index is 0.118. The zero-order valence-corrected chi connectivity index (χ0v) is 6.13. The molecule has 2 nitrogen and oxygen atoms in total. The summed E-state index contributed by atoms with van der Waals surface area (Å²) in [6.07, 6.45) is 2.90. The van der Waals surface area contributed by atoms with Gasteiger partial charge >= 0.3 is 0 Å². The van der Waals surface area contributed by atoms with Crippen LogP contribution >= 0.6 is 15.9 Å². The molecule has 0 rings (SSSR count). The van der Waals surface area contributed by atoms with Crippen LogP contribution in [-0.4, -0.2) is 19.5 Å². The predicted octanol–water partition coefficient (Wildman–Crippen LogP) is 0.588. The molecule has 0 N–H and O–H groups in total. The van der Waals surface area contributed by atoms with Gasteiger partial charge in [0.15, 0.2) is 9.84 Å². The molecule has 0 heterocycles. The Morgan fingerprint density at radius 1 is 1.57 bits per heavy atom. The van der Waals surface area contributed by atoms with E-state index in [1.54, 1.807) is 0 Å². The van der Waals surface area contributed by atoms with Crippen molar-refractivity contribution in [2.24, 2.45) is 0 Å². The monoisotopic (exact) mass is 185 g/mol. The molecule has 0 bridgehead atoms. The maximum Gasteiger partial charge on any atom is 0.152 e. The fourth-order valence-electron chi connectivity index (χ4n) is 0.118. The Labute approximate surface area is 52.0 Å². The zero-order valence-electron chi connectivity index (χ0n) is 3.72. The highest BCUT2D eigenvalue weighted by Crippen LogP contribution is 1.87. The lowest BCUT2D eigenvalue weighted by Crippen LogP contribution is -1.99. The van der Waals surface area contributed by atoms with E-state index < -0.39 is 9.84 Å². The number of rotatable bonds is 2. The first-order chi connectivity index (χ1) is 3.06. The Balaban J connectivity index is 3.60. The van der Waals surface area contributed by atoms with Crippen LogP contribution in [0.2, 0.25) is 0 Å². The van der Waals surface area contributed by atoms with Crippen molar-refractivity contribution in [2.75, 3.05) is 11.1 Å². The van der Waals surface area contributed by atoms with Gasteiger partial charge in [0.2, 0.25) is 0 Å². The van der Waals surface area contributed by atoms with Crippen molar-refractivity contribution < 1.29 is 8.42 Å². The van der Waals surface area contributed by atoms with Gasteiger partial charge in [-0.3, -0.25) is 0 Å². The van der Waals surface area contributed by atoms with Crippen LogP contribution in [0.3, 0.4) is 0 Å². The minimum Gasteiger partial charge on any atom is -0.229 e. The smallest absolute Gasteiger partial charge is 0.152 e. The quantitative estimate of drug-likeness (QED) is 0.591. The van der Waals surface area contributed by atoms with E-state index in [2.05, 4.69) is 22.2 Å². The molecule has 0 saturated carbocycles. The van der Waals surface area contributed by atoms with Crippen molar-refractivity contribution in [3.63, 3.8) is 0 Å². The number of hydrogen-bond acceptors (Lipinski definition) is 2. The Kier molecular flexibility index (Phi) is 2.83. The SMILES string of the molecule is [CH2]S(=O)(=O)CCBr. The van der Waals surface area contributed by atoms with E-state index in [-0.39, 0.29) is 5.75 Å². The van der Waals surface area contributed by atoms with E-state index in [1.165, 1.54) is 0 Å². The molecule has 0 saturated heterocycles. The first kappa shape index (κ1) is 7.43. The summed E-state index contributed by atoms with van der Waals surface area (Å²) in [7, 11) is -2.97. The fourth-order valence-corrected chi connectivity index (χ4v) is 1.83. The van der Waals surface area contributed by atoms with Gasteiger partial charge in [0.1, 0.15) is 0 Å². The van der Waals surface area contributed by atoms with Gasteiger partial charge in [0, 0.05) is 5.33 Å². The molecule has 4 heteroatoms. The second-order valence-corrected chi connectivity index (χ2v) is 3.83. The Bertz CT molecular complexity index is 126. The third kappa shape index (κ3) is 6.43. The molecule has 43 valence electrons. The van der Waals surface area contributed by atoms with Crippen molar-refractivity contribution in [2.45, 2.75) is 0 Å². The second kappa shape index (κ2) is 2.67. The average molecular weight is 186 g/mol. The van der Waals surface area contributed by atoms with Gasteiger partial charge in [0.05, 0.1) is 12.0 Å². The first-order valence-electron chi connectivity index (χ1n) is 1.68. The summed E-state index contributed by atoms with van der Waals surface area (Å²) in [5, 5.41) is 0.471. The molecule has 0 atom stereocenters. The van der Waals surface area contributed by atoms with Crippen LogP contribution in [0.25, 0.3) is 0 Å². The largest absolute Gasteiger partial charge is 0.229 e. The molecule has 0 aromatic rings. The number of sulfone groups is 1. The molecule has 0 aliphatic carbocycles. The lowest BCUT2D eigenvalue weighted by Gasteiger charge is -1.85. The van der Waals surface area contributed by atoms with Gasteiger partial charge in [-0.2, -0.15) is 0 Å². The second-order valence-electron chi connectivity index (χ2n) is 1.14. The molecule has 1 radical (unpaired) electrons. The fraction of sp³-hybridized carbons (Fsp3) is 0.667. The standard InChI is InChI=1S/C3H6BrO2S/c1-7(5,6)3-2-4/h1-3H2. The maximum atomic E-state index is 10.1. The van der Waals surface area contributed by atoms with E-state index in [1.807, 2.05) is 0 Å². The van der Waals surface area contributed by atoms with Gasteiger partial charge in [-0.1, -0.05) is 15.9 Å². The van der Waals surface area contributed by atoms with Crippen molar-refractivity contribution in [3.05, 3.63) is 6.26 Å². The van der Waals surface area contributed by atoms with Gasteiger partial charge < -0.3 is 0 Å². The van der Waals surface area contributed by atoms with Crippen LogP contribution in [0.4, 0.5) is 0 Å². The average Bonchev–Trinajstić information content (AvgIpc) is 1.30. The molecular formula is C3H6BrO2S. The lowest BCUT2D eigenvalue weighted by atomic mass is 11.0. The molecular weight excluding hydrogens is 180 g/mol. The van der Waals surface area contributed by atoms with Gasteiger partial charge in [0.25, 0.3) is 0 Å². The Morgan fingerprint density at radius 3 is 2.00 bits per heavy atom. The third-order valence-electron chi connectivity index (χ3n) is 0.388. The van der Waals surface area contributed by atoms with Crippen molar-refractivity contribution in [1.29, 1.82) is 0 Å². The molecule has 0 aliphatic rings. The van der Waals surface area contributed by atoms with Crippen molar-refractivity contribution in [3.8, 4) is 0 Å². The molecule has 7 heavy (non-hydrogen) atoms. The summed E-state index contributed by atoms with van der Waals surface area (Å²) in [5.41, 5.74) is 0. The molecule has 0 aliphatic heterocycles. The number of hydrogen-bond donors (Lipinski definition) is 0. The van der Waals surface area contributed by atoms with E-state index in [4.69, 9.17) is 0 Å². The van der Waals surface area contributed by atoms with Crippen LogP contribution < -0.4 is 0 Å². The number of alkyl halides is 1. The van der Waals surface area contributed by atoms with Gasteiger partial charge in [-0.15, -0.1) is 0 Å². The van der Waals surface area contributed by atoms with Crippen LogP contribution in [-0.2, 0) is 9.84 Å². The Hall–Kier alpha value is 0.430. The third-order valence-corrected chi connectivity index (χ3v) is 2.14. The number of halogens is 1. The molecule has 0 aromatic heterocycles. The highest BCUT2D eigenvalue weighted by molar-refractivity contribution is 9.09. The molecule has 0 aromatic carbocycles. The van der Waals surface area contributed by atoms with Crippen LogP contribution in [0.15, 0.2) is 0 Å². The highest BCUT2D eigenvalue weighted by atomic mass is 79.9. The summed E-state index contributed by atoms with van der Waals surface area (Å²) in [6.45, 7) is 0. The highest BCUT2D eigenvalue weighted by Gasteiger charge is 1.96. The first-order valence-corrected chi connectivity index (χ1v) is 4.62. The maximum absolute atomic E-state index is 10.1. The van der Waals surface area contributed by atoms with Crippen LogP contribution in [0.1, 0.15) is 0 Å². The normalized spacial score (nSPS) is 11.7. The summed E-state index contributed by atoms with van der Waals surface area (Å²) >= 11 is 2.97. The van der Waals surface area contributed by atoms with Crippen LogP contribution in [0, 0.1) is 6.26 Å². The molecule has 0 amide bonds. The van der Waals surface area contributed by atoms with Crippen molar-refractivity contribution in [1.82, 2.24) is 0 Å². The molecule has 0 spiro atoms. The summed E-state index contributed by atoms with van der Waals surface area (Å²) in [5.74, 6) is 0.118. The van der Waals surface area contributed by atoms with E-state index in [0.29, 0.717) is 5.33 Å². The minimum atomic E-state index is -2.97. The van der Waals surface area contributed by atoms with E-state index in [9.17, 15) is 8.42 Å².